The third kappa shape index (κ3) is 2.23. The van der Waals surface area contributed by atoms with Gasteiger partial charge in [0.15, 0.2) is 0 Å². The summed E-state index contributed by atoms with van der Waals surface area (Å²) in [5.74, 6) is 0.578. The zero-order chi connectivity index (χ0) is 13.4. The molecule has 5 nitrogen and oxygen atoms in total. The fraction of sp³-hybridized carbons (Fsp3) is 0.846. The second kappa shape index (κ2) is 4.88. The van der Waals surface area contributed by atoms with Crippen LogP contribution in [0.25, 0.3) is 0 Å². The summed E-state index contributed by atoms with van der Waals surface area (Å²) in [6, 6.07) is -0.358. The number of imide groups is 1. The molecule has 1 aliphatic heterocycles. The topological polar surface area (TPSA) is 60.9 Å². The highest BCUT2D eigenvalue weighted by Gasteiger charge is 2.44. The average Bonchev–Trinajstić information content (AvgIpc) is 2.52. The zero-order valence-electron chi connectivity index (χ0n) is 11.3. The van der Waals surface area contributed by atoms with Crippen molar-refractivity contribution < 1.29 is 14.7 Å². The lowest BCUT2D eigenvalue weighted by molar-refractivity contribution is -0.129. The first-order chi connectivity index (χ1) is 8.41. The molecule has 1 saturated carbocycles. The number of urea groups is 1. The molecule has 2 aliphatic rings. The van der Waals surface area contributed by atoms with Crippen LogP contribution in [0.4, 0.5) is 4.79 Å². The molecule has 18 heavy (non-hydrogen) atoms. The first-order valence-corrected chi connectivity index (χ1v) is 6.67. The van der Waals surface area contributed by atoms with Gasteiger partial charge in [-0.1, -0.05) is 13.8 Å². The van der Waals surface area contributed by atoms with Crippen LogP contribution in [0.15, 0.2) is 0 Å². The molecule has 5 heteroatoms. The number of carbonyl (C=O) groups is 2. The van der Waals surface area contributed by atoms with Crippen LogP contribution in [0, 0.1) is 11.8 Å². The largest absolute Gasteiger partial charge is 0.393 e. The van der Waals surface area contributed by atoms with Gasteiger partial charge in [0, 0.05) is 13.1 Å². The third-order valence-corrected chi connectivity index (χ3v) is 4.20. The first kappa shape index (κ1) is 13.3. The maximum atomic E-state index is 12.0. The van der Waals surface area contributed by atoms with Gasteiger partial charge >= 0.3 is 6.03 Å². The summed E-state index contributed by atoms with van der Waals surface area (Å²) in [7, 11) is 1.64. The van der Waals surface area contributed by atoms with Crippen LogP contribution >= 0.6 is 0 Å². The summed E-state index contributed by atoms with van der Waals surface area (Å²) in [4.78, 5) is 26.8. The van der Waals surface area contributed by atoms with Crippen molar-refractivity contribution in [3.63, 3.8) is 0 Å². The van der Waals surface area contributed by atoms with E-state index in [0.29, 0.717) is 18.3 Å². The number of aliphatic hydroxyl groups is 1. The van der Waals surface area contributed by atoms with E-state index in [4.69, 9.17) is 0 Å². The van der Waals surface area contributed by atoms with Gasteiger partial charge in [-0.2, -0.15) is 0 Å². The molecule has 2 rings (SSSR count). The number of carbonyl (C=O) groups excluding carboxylic acids is 2. The number of likely N-dealkylation sites (N-methyl/N-ethyl adjacent to an activating group) is 1. The number of amides is 3. The molecule has 0 aromatic heterocycles. The van der Waals surface area contributed by atoms with Crippen molar-refractivity contribution in [1.29, 1.82) is 0 Å². The highest BCUT2D eigenvalue weighted by molar-refractivity contribution is 6.02. The molecule has 3 unspecified atom stereocenters. The molecule has 3 amide bonds. The molecule has 1 N–H and O–H groups in total. The molecule has 1 aliphatic carbocycles. The van der Waals surface area contributed by atoms with Crippen molar-refractivity contribution >= 4 is 11.9 Å². The van der Waals surface area contributed by atoms with E-state index in [-0.39, 0.29) is 24.5 Å². The zero-order valence-corrected chi connectivity index (χ0v) is 11.3. The second-order valence-corrected chi connectivity index (χ2v) is 5.84. The van der Waals surface area contributed by atoms with Crippen molar-refractivity contribution in [2.45, 2.75) is 45.3 Å². The Morgan fingerprint density at radius 1 is 1.28 bits per heavy atom. The Labute approximate surface area is 108 Å². The minimum Gasteiger partial charge on any atom is -0.393 e. The van der Waals surface area contributed by atoms with Crippen molar-refractivity contribution in [3.05, 3.63) is 0 Å². The Morgan fingerprint density at radius 2 is 1.94 bits per heavy atom. The first-order valence-electron chi connectivity index (χ1n) is 6.67. The van der Waals surface area contributed by atoms with Crippen LogP contribution < -0.4 is 0 Å². The molecule has 3 atom stereocenters. The lowest BCUT2D eigenvalue weighted by Gasteiger charge is -2.40. The summed E-state index contributed by atoms with van der Waals surface area (Å²) in [6.07, 6.45) is 1.78. The molecule has 0 aromatic carbocycles. The normalized spacial score (nSPS) is 33.7. The van der Waals surface area contributed by atoms with Gasteiger partial charge in [-0.25, -0.2) is 4.79 Å². The van der Waals surface area contributed by atoms with Crippen LogP contribution in [-0.2, 0) is 4.79 Å². The van der Waals surface area contributed by atoms with Gasteiger partial charge in [0.05, 0.1) is 6.10 Å². The number of rotatable bonds is 2. The van der Waals surface area contributed by atoms with E-state index in [1.807, 2.05) is 0 Å². The highest BCUT2D eigenvalue weighted by atomic mass is 16.3. The molecular weight excluding hydrogens is 232 g/mol. The molecule has 0 spiro atoms. The molecule has 0 aromatic rings. The lowest BCUT2D eigenvalue weighted by atomic mass is 9.76. The van der Waals surface area contributed by atoms with E-state index in [1.165, 1.54) is 9.80 Å². The Balaban J connectivity index is 2.22. The van der Waals surface area contributed by atoms with Gasteiger partial charge in [0.1, 0.15) is 6.54 Å². The standard InChI is InChI=1S/C13H22N2O3/c1-8(2)10-5-4-9(16)6-11(10)15-12(17)7-14(3)13(15)18/h8-11,16H,4-7H2,1-3H3. The molecular formula is C13H22N2O3. The van der Waals surface area contributed by atoms with Crippen LogP contribution in [0.3, 0.4) is 0 Å². The fourth-order valence-corrected chi connectivity index (χ4v) is 3.19. The van der Waals surface area contributed by atoms with Crippen molar-refractivity contribution in [3.8, 4) is 0 Å². The average molecular weight is 254 g/mol. The lowest BCUT2D eigenvalue weighted by Crippen LogP contribution is -2.50. The van der Waals surface area contributed by atoms with Gasteiger partial charge in [-0.05, 0) is 31.1 Å². The summed E-state index contributed by atoms with van der Waals surface area (Å²) in [5, 5.41) is 9.82. The monoisotopic (exact) mass is 254 g/mol. The molecule has 0 bridgehead atoms. The Morgan fingerprint density at radius 3 is 2.44 bits per heavy atom. The van der Waals surface area contributed by atoms with Gasteiger partial charge in [-0.15, -0.1) is 0 Å². The third-order valence-electron chi connectivity index (χ3n) is 4.20. The number of nitrogens with zero attached hydrogens (tertiary/aromatic N) is 2. The minimum atomic E-state index is -0.392. The maximum Gasteiger partial charge on any atom is 0.327 e. The van der Waals surface area contributed by atoms with E-state index in [2.05, 4.69) is 13.8 Å². The SMILES string of the molecule is CC(C)C1CCC(O)CC1N1C(=O)CN(C)C1=O. The van der Waals surface area contributed by atoms with Crippen LogP contribution in [0.2, 0.25) is 0 Å². The van der Waals surface area contributed by atoms with Crippen molar-refractivity contribution in [2.75, 3.05) is 13.6 Å². The Kier molecular flexibility index (Phi) is 3.61. The smallest absolute Gasteiger partial charge is 0.327 e. The van der Waals surface area contributed by atoms with E-state index in [0.717, 1.165) is 12.8 Å². The molecule has 0 radical (unpaired) electrons. The number of aliphatic hydroxyl groups excluding tert-OH is 1. The van der Waals surface area contributed by atoms with E-state index < -0.39 is 6.10 Å². The molecule has 1 heterocycles. The van der Waals surface area contributed by atoms with Gasteiger partial charge < -0.3 is 10.0 Å². The van der Waals surface area contributed by atoms with Gasteiger partial charge in [0.25, 0.3) is 5.91 Å². The maximum absolute atomic E-state index is 12.0. The van der Waals surface area contributed by atoms with E-state index >= 15 is 0 Å². The molecule has 1 saturated heterocycles. The van der Waals surface area contributed by atoms with Gasteiger partial charge in [-0.3, -0.25) is 9.69 Å². The van der Waals surface area contributed by atoms with Crippen LogP contribution in [-0.4, -0.2) is 52.6 Å². The predicted molar refractivity (Wildman–Crippen MR) is 66.8 cm³/mol. The molecule has 102 valence electrons. The van der Waals surface area contributed by atoms with Crippen molar-refractivity contribution in [1.82, 2.24) is 9.80 Å². The second-order valence-electron chi connectivity index (χ2n) is 5.84. The van der Waals surface area contributed by atoms with Crippen LogP contribution in [0.5, 0.6) is 0 Å². The Bertz CT molecular complexity index is 356. The summed E-state index contributed by atoms with van der Waals surface area (Å²) < 4.78 is 0. The van der Waals surface area contributed by atoms with E-state index in [1.54, 1.807) is 7.05 Å². The highest BCUT2D eigenvalue weighted by Crippen LogP contribution is 2.35. The van der Waals surface area contributed by atoms with Gasteiger partial charge in [0.2, 0.25) is 0 Å². The number of hydrogen-bond acceptors (Lipinski definition) is 3. The predicted octanol–water partition coefficient (Wildman–Crippen LogP) is 1.07. The summed E-state index contributed by atoms with van der Waals surface area (Å²) in [6.45, 7) is 4.39. The Hall–Kier alpha value is -1.10. The van der Waals surface area contributed by atoms with Crippen LogP contribution in [0.1, 0.15) is 33.1 Å². The summed E-state index contributed by atoms with van der Waals surface area (Å²) in [5.41, 5.74) is 0. The minimum absolute atomic E-state index is 0.132. The fourth-order valence-electron chi connectivity index (χ4n) is 3.19. The van der Waals surface area contributed by atoms with E-state index in [9.17, 15) is 14.7 Å². The summed E-state index contributed by atoms with van der Waals surface area (Å²) >= 11 is 0. The quantitative estimate of drug-likeness (QED) is 0.750. The number of hydrogen-bond donors (Lipinski definition) is 1. The van der Waals surface area contributed by atoms with Crippen molar-refractivity contribution in [2.24, 2.45) is 11.8 Å². The molecule has 2 fully saturated rings.